The monoisotopic (exact) mass is 296 g/mol. The van der Waals surface area contributed by atoms with Crippen LogP contribution in [0.5, 0.6) is 0 Å². The van der Waals surface area contributed by atoms with Gasteiger partial charge in [-0.2, -0.15) is 0 Å². The van der Waals surface area contributed by atoms with Gasteiger partial charge >= 0.3 is 11.9 Å². The van der Waals surface area contributed by atoms with Crippen LogP contribution in [0.1, 0.15) is 60.3 Å². The fraction of sp³-hybridized carbons (Fsp3) is 0.647. The fourth-order valence-corrected chi connectivity index (χ4v) is 1.65. The van der Waals surface area contributed by atoms with E-state index in [4.69, 9.17) is 9.47 Å². The molecule has 0 atom stereocenters. The van der Waals surface area contributed by atoms with Gasteiger partial charge in [0.05, 0.1) is 12.2 Å². The highest BCUT2D eigenvalue weighted by Gasteiger charge is 2.10. The zero-order valence-corrected chi connectivity index (χ0v) is 13.8. The van der Waals surface area contributed by atoms with Gasteiger partial charge in [-0.1, -0.05) is 18.2 Å². The second-order valence-corrected chi connectivity index (χ2v) is 5.36. The van der Waals surface area contributed by atoms with Crippen LogP contribution in [0.3, 0.4) is 0 Å². The third-order valence-electron chi connectivity index (χ3n) is 2.58. The molecule has 0 aromatic heterocycles. The first-order chi connectivity index (χ1) is 9.86. The smallest absolute Gasteiger partial charge is 0.333 e. The van der Waals surface area contributed by atoms with Crippen LogP contribution in [0.25, 0.3) is 0 Å². The average molecular weight is 296 g/mol. The summed E-state index contributed by atoms with van der Waals surface area (Å²) in [6.07, 6.45) is 8.01. The van der Waals surface area contributed by atoms with Gasteiger partial charge in [-0.15, -0.1) is 0 Å². The zero-order valence-electron chi connectivity index (χ0n) is 13.8. The Morgan fingerprint density at radius 1 is 0.905 bits per heavy atom. The molecule has 0 aliphatic rings. The van der Waals surface area contributed by atoms with E-state index in [1.165, 1.54) is 0 Å². The average Bonchev–Trinajstić information content (AvgIpc) is 2.36. The number of carbonyl (C=O) groups is 2. The van der Waals surface area contributed by atoms with Crippen LogP contribution >= 0.6 is 0 Å². The summed E-state index contributed by atoms with van der Waals surface area (Å²) in [5.74, 6) is -0.425. The first kappa shape index (κ1) is 19.4. The highest BCUT2D eigenvalue weighted by atomic mass is 16.5. The largest absolute Gasteiger partial charge is 0.463 e. The molecule has 0 spiro atoms. The van der Waals surface area contributed by atoms with Crippen molar-refractivity contribution in [3.05, 3.63) is 23.8 Å². The van der Waals surface area contributed by atoms with E-state index in [-0.39, 0.29) is 24.1 Å². The molecule has 120 valence electrons. The maximum Gasteiger partial charge on any atom is 0.333 e. The van der Waals surface area contributed by atoms with Crippen LogP contribution < -0.4 is 0 Å². The maximum absolute atomic E-state index is 11.7. The molecule has 0 amide bonds. The van der Waals surface area contributed by atoms with E-state index in [0.717, 1.165) is 6.42 Å². The molecule has 0 heterocycles. The van der Waals surface area contributed by atoms with Crippen molar-refractivity contribution < 1.29 is 19.1 Å². The Labute approximate surface area is 128 Å². The number of rotatable bonds is 9. The number of carbonyl (C=O) groups excluding carboxylic acids is 2. The van der Waals surface area contributed by atoms with Crippen LogP contribution in [0.4, 0.5) is 0 Å². The minimum atomic E-state index is -0.249. The maximum atomic E-state index is 11.7. The number of hydrogen-bond donors (Lipinski definition) is 0. The molecule has 0 aliphatic heterocycles. The van der Waals surface area contributed by atoms with Crippen molar-refractivity contribution in [3.8, 4) is 0 Å². The predicted octanol–water partition coefficient (Wildman–Crippen LogP) is 3.95. The normalized spacial score (nSPS) is 12.2. The minimum Gasteiger partial charge on any atom is -0.463 e. The summed E-state index contributed by atoms with van der Waals surface area (Å²) in [5.41, 5.74) is 0.688. The van der Waals surface area contributed by atoms with Crippen LogP contribution in [0, 0.1) is 0 Å². The molecule has 4 heteroatoms. The Kier molecular flexibility index (Phi) is 10.3. The summed E-state index contributed by atoms with van der Waals surface area (Å²) in [7, 11) is 0. The zero-order chi connectivity index (χ0) is 16.3. The van der Waals surface area contributed by atoms with Crippen molar-refractivity contribution in [2.45, 2.75) is 72.5 Å². The van der Waals surface area contributed by atoms with Crippen molar-refractivity contribution >= 4 is 11.9 Å². The van der Waals surface area contributed by atoms with Gasteiger partial charge in [0, 0.05) is 12.0 Å². The topological polar surface area (TPSA) is 52.6 Å². The van der Waals surface area contributed by atoms with E-state index < -0.39 is 0 Å². The summed E-state index contributed by atoms with van der Waals surface area (Å²) < 4.78 is 10.2. The number of allylic oxidation sites excluding steroid dienone is 3. The molecule has 0 saturated carbocycles. The van der Waals surface area contributed by atoms with E-state index in [0.29, 0.717) is 24.8 Å². The van der Waals surface area contributed by atoms with E-state index >= 15 is 0 Å². The van der Waals surface area contributed by atoms with Crippen molar-refractivity contribution in [1.82, 2.24) is 0 Å². The van der Waals surface area contributed by atoms with Crippen molar-refractivity contribution in [2.24, 2.45) is 0 Å². The molecule has 0 aromatic carbocycles. The summed E-state index contributed by atoms with van der Waals surface area (Å²) in [6.45, 7) is 9.18. The third kappa shape index (κ3) is 10.8. The Morgan fingerprint density at radius 2 is 1.43 bits per heavy atom. The van der Waals surface area contributed by atoms with Gasteiger partial charge in [0.25, 0.3) is 0 Å². The summed E-state index contributed by atoms with van der Waals surface area (Å²) >= 11 is 0. The Morgan fingerprint density at radius 3 is 1.90 bits per heavy atom. The molecule has 4 nitrogen and oxygen atoms in total. The molecule has 0 aliphatic carbocycles. The Bertz CT molecular complexity index is 378. The standard InChI is InChI=1S/C17H28O4/c1-6-15(17(19)21-14(4)5)11-9-7-8-10-12-16(18)20-13(2)3/h6-8,13-14H,9-12H2,1-5H3/b8-7+,15-6+. The quantitative estimate of drug-likeness (QED) is 0.367. The van der Waals surface area contributed by atoms with Crippen LogP contribution in [0.15, 0.2) is 23.8 Å². The molecule has 0 unspecified atom stereocenters. The van der Waals surface area contributed by atoms with Crippen LogP contribution in [0.2, 0.25) is 0 Å². The third-order valence-corrected chi connectivity index (χ3v) is 2.58. The predicted molar refractivity (Wildman–Crippen MR) is 83.8 cm³/mol. The second-order valence-electron chi connectivity index (χ2n) is 5.36. The van der Waals surface area contributed by atoms with Gasteiger partial charge in [-0.05, 0) is 53.9 Å². The lowest BCUT2D eigenvalue weighted by molar-refractivity contribution is -0.147. The van der Waals surface area contributed by atoms with Crippen molar-refractivity contribution in [3.63, 3.8) is 0 Å². The second kappa shape index (κ2) is 11.1. The summed E-state index contributed by atoms with van der Waals surface area (Å²) in [4.78, 5) is 23.0. The van der Waals surface area contributed by atoms with Gasteiger partial charge < -0.3 is 9.47 Å². The molecule has 0 radical (unpaired) electrons. The van der Waals surface area contributed by atoms with E-state index in [2.05, 4.69) is 0 Å². The van der Waals surface area contributed by atoms with Crippen LogP contribution in [-0.2, 0) is 19.1 Å². The number of ether oxygens (including phenoxy) is 2. The van der Waals surface area contributed by atoms with Gasteiger partial charge in [0.2, 0.25) is 0 Å². The van der Waals surface area contributed by atoms with E-state index in [9.17, 15) is 9.59 Å². The van der Waals surface area contributed by atoms with Crippen LogP contribution in [-0.4, -0.2) is 24.1 Å². The molecule has 21 heavy (non-hydrogen) atoms. The molecule has 0 bridgehead atoms. The van der Waals surface area contributed by atoms with E-state index in [1.807, 2.05) is 46.8 Å². The number of hydrogen-bond acceptors (Lipinski definition) is 4. The molecular formula is C17H28O4. The SMILES string of the molecule is C/C=C(\CC/C=C/CCC(=O)OC(C)C)C(=O)OC(C)C. The summed E-state index contributed by atoms with van der Waals surface area (Å²) in [6, 6.07) is 0. The van der Waals surface area contributed by atoms with Gasteiger partial charge in [-0.25, -0.2) is 4.79 Å². The first-order valence-electron chi connectivity index (χ1n) is 7.57. The minimum absolute atomic E-state index is 0.0642. The van der Waals surface area contributed by atoms with Gasteiger partial charge in [-0.3, -0.25) is 4.79 Å². The first-order valence-corrected chi connectivity index (χ1v) is 7.57. The van der Waals surface area contributed by atoms with Crippen molar-refractivity contribution in [1.29, 1.82) is 0 Å². The lowest BCUT2D eigenvalue weighted by atomic mass is 10.1. The lowest BCUT2D eigenvalue weighted by Gasteiger charge is -2.09. The van der Waals surface area contributed by atoms with Crippen molar-refractivity contribution in [2.75, 3.05) is 0 Å². The highest BCUT2D eigenvalue weighted by molar-refractivity contribution is 5.88. The molecule has 0 saturated heterocycles. The molecule has 0 fully saturated rings. The Balaban J connectivity index is 3.93. The molecule has 0 rings (SSSR count). The molecule has 0 N–H and O–H groups in total. The molecule has 0 aromatic rings. The lowest BCUT2D eigenvalue weighted by Crippen LogP contribution is -2.13. The van der Waals surface area contributed by atoms with E-state index in [1.54, 1.807) is 6.08 Å². The van der Waals surface area contributed by atoms with Gasteiger partial charge in [0.1, 0.15) is 0 Å². The van der Waals surface area contributed by atoms with Gasteiger partial charge in [0.15, 0.2) is 0 Å². The molecular weight excluding hydrogens is 268 g/mol. The fourth-order valence-electron chi connectivity index (χ4n) is 1.65. The Hall–Kier alpha value is -1.58. The summed E-state index contributed by atoms with van der Waals surface area (Å²) in [5, 5.41) is 0. The highest BCUT2D eigenvalue weighted by Crippen LogP contribution is 2.10. The number of esters is 2.